The SMILES string of the molecule is CN(C1CCCCC1)S(=O)(=O)c1ccc(SCC(=O)N2CCNC2=O)nc1. The normalized spacial score (nSPS) is 18.7. The largest absolute Gasteiger partial charge is 0.336 e. The number of urea groups is 1. The van der Waals surface area contributed by atoms with Gasteiger partial charge in [0.2, 0.25) is 15.9 Å². The van der Waals surface area contributed by atoms with Crippen LogP contribution in [0.15, 0.2) is 28.3 Å². The van der Waals surface area contributed by atoms with E-state index in [1.54, 1.807) is 13.1 Å². The molecule has 2 fully saturated rings. The lowest BCUT2D eigenvalue weighted by atomic mass is 9.96. The smallest absolute Gasteiger partial charge is 0.324 e. The summed E-state index contributed by atoms with van der Waals surface area (Å²) in [6.07, 6.45) is 6.40. The molecule has 1 saturated heterocycles. The number of nitrogens with zero attached hydrogens (tertiary/aromatic N) is 3. The van der Waals surface area contributed by atoms with Gasteiger partial charge < -0.3 is 5.32 Å². The van der Waals surface area contributed by atoms with Gasteiger partial charge in [0.25, 0.3) is 0 Å². The van der Waals surface area contributed by atoms with Crippen molar-refractivity contribution in [3.05, 3.63) is 18.3 Å². The molecule has 3 rings (SSSR count). The average Bonchev–Trinajstić information content (AvgIpc) is 3.12. The highest BCUT2D eigenvalue weighted by molar-refractivity contribution is 7.99. The van der Waals surface area contributed by atoms with E-state index in [1.807, 2.05) is 0 Å². The van der Waals surface area contributed by atoms with Gasteiger partial charge in [-0.25, -0.2) is 18.2 Å². The fourth-order valence-corrected chi connectivity index (χ4v) is 5.42. The molecule has 0 spiro atoms. The first kappa shape index (κ1) is 20.1. The Labute approximate surface area is 163 Å². The molecule has 1 aromatic rings. The van der Waals surface area contributed by atoms with E-state index in [0.717, 1.165) is 32.1 Å². The maximum atomic E-state index is 12.8. The van der Waals surface area contributed by atoms with Gasteiger partial charge in [-0.1, -0.05) is 31.0 Å². The van der Waals surface area contributed by atoms with Crippen molar-refractivity contribution in [3.8, 4) is 0 Å². The molecular formula is C17H24N4O4S2. The fourth-order valence-electron chi connectivity index (χ4n) is 3.34. The van der Waals surface area contributed by atoms with E-state index >= 15 is 0 Å². The molecular weight excluding hydrogens is 388 g/mol. The van der Waals surface area contributed by atoms with Gasteiger partial charge in [0, 0.05) is 32.4 Å². The predicted molar refractivity (Wildman–Crippen MR) is 102 cm³/mol. The molecule has 2 heterocycles. The summed E-state index contributed by atoms with van der Waals surface area (Å²) in [5.41, 5.74) is 0. The minimum atomic E-state index is -3.57. The van der Waals surface area contributed by atoms with Gasteiger partial charge in [-0.2, -0.15) is 4.31 Å². The second kappa shape index (κ2) is 8.57. The van der Waals surface area contributed by atoms with Crippen molar-refractivity contribution in [2.45, 2.75) is 48.1 Å². The fraction of sp³-hybridized carbons (Fsp3) is 0.588. The van der Waals surface area contributed by atoms with Crippen LogP contribution in [0.1, 0.15) is 32.1 Å². The standard InChI is InChI=1S/C17H24N4O4S2/c1-20(13-5-3-2-4-6-13)27(24,25)14-7-8-15(19-11-14)26-12-16(22)21-10-9-18-17(21)23/h7-8,11,13H,2-6,9-10,12H2,1H3,(H,18,23). The molecule has 1 saturated carbocycles. The molecule has 1 aliphatic carbocycles. The highest BCUT2D eigenvalue weighted by atomic mass is 32.2. The minimum Gasteiger partial charge on any atom is -0.336 e. The molecule has 0 unspecified atom stereocenters. The first-order chi connectivity index (χ1) is 12.9. The Morgan fingerprint density at radius 2 is 2.07 bits per heavy atom. The maximum Gasteiger partial charge on any atom is 0.324 e. The Bertz CT molecular complexity index is 792. The predicted octanol–water partition coefficient (Wildman–Crippen LogP) is 1.68. The molecule has 0 radical (unpaired) electrons. The van der Waals surface area contributed by atoms with Crippen LogP contribution in [0.25, 0.3) is 0 Å². The summed E-state index contributed by atoms with van der Waals surface area (Å²) in [5, 5.41) is 3.12. The van der Waals surface area contributed by atoms with Crippen molar-refractivity contribution in [3.63, 3.8) is 0 Å². The van der Waals surface area contributed by atoms with E-state index in [4.69, 9.17) is 0 Å². The number of carbonyl (C=O) groups is 2. The summed E-state index contributed by atoms with van der Waals surface area (Å²) in [5.74, 6) is -0.209. The molecule has 0 atom stereocenters. The topological polar surface area (TPSA) is 99.7 Å². The van der Waals surface area contributed by atoms with E-state index < -0.39 is 10.0 Å². The maximum absolute atomic E-state index is 12.8. The van der Waals surface area contributed by atoms with E-state index in [1.165, 1.54) is 33.2 Å². The zero-order chi connectivity index (χ0) is 19.4. The number of hydrogen-bond donors (Lipinski definition) is 1. The molecule has 10 heteroatoms. The van der Waals surface area contributed by atoms with Crippen molar-refractivity contribution >= 4 is 33.7 Å². The molecule has 3 amide bonds. The van der Waals surface area contributed by atoms with Crippen LogP contribution in [-0.4, -0.2) is 66.5 Å². The lowest BCUT2D eigenvalue weighted by Gasteiger charge is -2.30. The van der Waals surface area contributed by atoms with Gasteiger partial charge in [0.1, 0.15) is 4.90 Å². The van der Waals surface area contributed by atoms with E-state index in [9.17, 15) is 18.0 Å². The first-order valence-corrected chi connectivity index (χ1v) is 11.5. The van der Waals surface area contributed by atoms with E-state index in [2.05, 4.69) is 10.3 Å². The summed E-state index contributed by atoms with van der Waals surface area (Å²) in [6, 6.07) is 2.79. The number of nitrogens with one attached hydrogen (secondary N) is 1. The molecule has 148 valence electrons. The number of imide groups is 1. The lowest BCUT2D eigenvalue weighted by Crippen LogP contribution is -2.38. The van der Waals surface area contributed by atoms with Crippen LogP contribution in [0.3, 0.4) is 0 Å². The van der Waals surface area contributed by atoms with Crippen molar-refractivity contribution in [2.24, 2.45) is 0 Å². The number of amides is 3. The second-order valence-corrected chi connectivity index (χ2v) is 9.70. The summed E-state index contributed by atoms with van der Waals surface area (Å²) in [6.45, 7) is 0.838. The highest BCUT2D eigenvalue weighted by Crippen LogP contribution is 2.27. The number of sulfonamides is 1. The molecule has 0 bridgehead atoms. The summed E-state index contributed by atoms with van der Waals surface area (Å²) in [7, 11) is -1.94. The van der Waals surface area contributed by atoms with Crippen LogP contribution in [0.5, 0.6) is 0 Å². The highest BCUT2D eigenvalue weighted by Gasteiger charge is 2.29. The van der Waals surface area contributed by atoms with Crippen LogP contribution in [0.2, 0.25) is 0 Å². The number of pyridine rings is 1. The summed E-state index contributed by atoms with van der Waals surface area (Å²) < 4.78 is 27.0. The van der Waals surface area contributed by atoms with Gasteiger partial charge in [-0.3, -0.25) is 9.69 Å². The molecule has 8 nitrogen and oxygen atoms in total. The van der Waals surface area contributed by atoms with Gasteiger partial charge in [0.05, 0.1) is 10.8 Å². The lowest BCUT2D eigenvalue weighted by molar-refractivity contribution is -0.124. The number of rotatable bonds is 6. The van der Waals surface area contributed by atoms with Crippen LogP contribution in [-0.2, 0) is 14.8 Å². The van der Waals surface area contributed by atoms with Crippen molar-refractivity contribution in [2.75, 3.05) is 25.9 Å². The Morgan fingerprint density at radius 3 is 2.67 bits per heavy atom. The summed E-state index contributed by atoms with van der Waals surface area (Å²) >= 11 is 1.18. The third kappa shape index (κ3) is 4.61. The minimum absolute atomic E-state index is 0.0435. The Hall–Kier alpha value is -1.65. The Kier molecular flexibility index (Phi) is 6.38. The summed E-state index contributed by atoms with van der Waals surface area (Å²) in [4.78, 5) is 29.0. The second-order valence-electron chi connectivity index (χ2n) is 6.71. The molecule has 1 aliphatic heterocycles. The number of aromatic nitrogens is 1. The number of carbonyl (C=O) groups excluding carboxylic acids is 2. The Morgan fingerprint density at radius 1 is 1.33 bits per heavy atom. The van der Waals surface area contributed by atoms with Gasteiger partial charge in [-0.15, -0.1) is 0 Å². The number of thioether (sulfide) groups is 1. The van der Waals surface area contributed by atoms with Gasteiger partial charge in [0.15, 0.2) is 0 Å². The third-order valence-electron chi connectivity index (χ3n) is 4.98. The van der Waals surface area contributed by atoms with Gasteiger partial charge in [-0.05, 0) is 25.0 Å². The van der Waals surface area contributed by atoms with E-state index in [0.29, 0.717) is 18.1 Å². The zero-order valence-electron chi connectivity index (χ0n) is 15.3. The van der Waals surface area contributed by atoms with Crippen LogP contribution in [0, 0.1) is 0 Å². The molecule has 0 aromatic carbocycles. The van der Waals surface area contributed by atoms with Gasteiger partial charge >= 0.3 is 6.03 Å². The van der Waals surface area contributed by atoms with Crippen LogP contribution < -0.4 is 5.32 Å². The molecule has 2 aliphatic rings. The molecule has 1 aromatic heterocycles. The van der Waals surface area contributed by atoms with E-state index in [-0.39, 0.29) is 28.6 Å². The first-order valence-electron chi connectivity index (χ1n) is 9.04. The van der Waals surface area contributed by atoms with Crippen molar-refractivity contribution < 1.29 is 18.0 Å². The number of hydrogen-bond acceptors (Lipinski definition) is 6. The monoisotopic (exact) mass is 412 g/mol. The van der Waals surface area contributed by atoms with Crippen LogP contribution >= 0.6 is 11.8 Å². The van der Waals surface area contributed by atoms with Crippen molar-refractivity contribution in [1.29, 1.82) is 0 Å². The molecule has 27 heavy (non-hydrogen) atoms. The average molecular weight is 413 g/mol. The quantitative estimate of drug-likeness (QED) is 0.714. The Balaban J connectivity index is 1.60. The zero-order valence-corrected chi connectivity index (χ0v) is 16.9. The molecule has 1 N–H and O–H groups in total. The third-order valence-corrected chi connectivity index (χ3v) is 7.80. The van der Waals surface area contributed by atoms with Crippen molar-refractivity contribution in [1.82, 2.24) is 19.5 Å². The van der Waals surface area contributed by atoms with Crippen LogP contribution in [0.4, 0.5) is 4.79 Å².